The second-order valence-electron chi connectivity index (χ2n) is 7.11. The summed E-state index contributed by atoms with van der Waals surface area (Å²) in [6, 6.07) is 8.39. The SMILES string of the molecule is COc1cc(Nc2ncc(F)c(Nc3cccc(NS(=O)(=O)CC(F)(F)F)c3)n2)cc(OC)c1OC. The summed E-state index contributed by atoms with van der Waals surface area (Å²) >= 11 is 0. The second kappa shape index (κ2) is 10.7. The molecule has 2 aromatic carbocycles. The number of benzene rings is 2. The van der Waals surface area contributed by atoms with E-state index in [0.29, 0.717) is 22.9 Å². The van der Waals surface area contributed by atoms with Gasteiger partial charge in [-0.3, -0.25) is 4.72 Å². The van der Waals surface area contributed by atoms with Crippen molar-refractivity contribution in [1.29, 1.82) is 0 Å². The van der Waals surface area contributed by atoms with Crippen LogP contribution in [0, 0.1) is 5.82 Å². The fraction of sp³-hybridized carbons (Fsp3) is 0.238. The van der Waals surface area contributed by atoms with E-state index in [1.54, 1.807) is 12.1 Å². The van der Waals surface area contributed by atoms with E-state index in [1.807, 2.05) is 4.72 Å². The van der Waals surface area contributed by atoms with Gasteiger partial charge in [-0.2, -0.15) is 18.2 Å². The number of anilines is 5. The van der Waals surface area contributed by atoms with Gasteiger partial charge >= 0.3 is 6.18 Å². The topological polar surface area (TPSA) is 124 Å². The number of alkyl halides is 3. The van der Waals surface area contributed by atoms with Gasteiger partial charge in [0, 0.05) is 23.5 Å². The molecule has 0 aliphatic rings. The number of rotatable bonds is 10. The first-order chi connectivity index (χ1) is 16.9. The van der Waals surface area contributed by atoms with Crippen molar-refractivity contribution in [2.75, 3.05) is 42.4 Å². The molecule has 3 N–H and O–H groups in total. The van der Waals surface area contributed by atoms with E-state index < -0.39 is 27.8 Å². The minimum Gasteiger partial charge on any atom is -0.493 e. The monoisotopic (exact) mass is 531 g/mol. The summed E-state index contributed by atoms with van der Waals surface area (Å²) in [5.74, 6) is -2.12. The van der Waals surface area contributed by atoms with Crippen molar-refractivity contribution in [2.24, 2.45) is 0 Å². The van der Waals surface area contributed by atoms with Crippen LogP contribution < -0.4 is 29.6 Å². The van der Waals surface area contributed by atoms with Crippen LogP contribution in [0.4, 0.5) is 46.4 Å². The first-order valence-electron chi connectivity index (χ1n) is 9.97. The van der Waals surface area contributed by atoms with E-state index in [-0.39, 0.29) is 23.1 Å². The molecular formula is C21H21F4N5O5S. The number of hydrogen-bond donors (Lipinski definition) is 3. The average molecular weight is 531 g/mol. The van der Waals surface area contributed by atoms with Gasteiger partial charge < -0.3 is 24.8 Å². The summed E-state index contributed by atoms with van der Waals surface area (Å²) in [5, 5.41) is 5.52. The van der Waals surface area contributed by atoms with Gasteiger partial charge in [0.05, 0.1) is 33.2 Å². The molecule has 0 spiro atoms. The van der Waals surface area contributed by atoms with Crippen molar-refractivity contribution < 1.29 is 40.2 Å². The number of sulfonamides is 1. The van der Waals surface area contributed by atoms with Crippen molar-refractivity contribution in [3.8, 4) is 17.2 Å². The highest BCUT2D eigenvalue weighted by Crippen LogP contribution is 2.40. The predicted octanol–water partition coefficient (Wildman–Crippen LogP) is 4.43. The van der Waals surface area contributed by atoms with E-state index >= 15 is 0 Å². The zero-order valence-corrected chi connectivity index (χ0v) is 19.9. The van der Waals surface area contributed by atoms with Gasteiger partial charge in [0.2, 0.25) is 21.7 Å². The smallest absolute Gasteiger partial charge is 0.404 e. The van der Waals surface area contributed by atoms with Crippen molar-refractivity contribution in [2.45, 2.75) is 6.18 Å². The molecule has 0 atom stereocenters. The van der Waals surface area contributed by atoms with E-state index in [0.717, 1.165) is 6.20 Å². The zero-order valence-electron chi connectivity index (χ0n) is 19.1. The van der Waals surface area contributed by atoms with Gasteiger partial charge in [-0.1, -0.05) is 6.07 Å². The van der Waals surface area contributed by atoms with Crippen LogP contribution in [0.25, 0.3) is 0 Å². The van der Waals surface area contributed by atoms with Gasteiger partial charge in [0.1, 0.15) is 0 Å². The van der Waals surface area contributed by atoms with Crippen molar-refractivity contribution in [1.82, 2.24) is 9.97 Å². The molecule has 0 aliphatic heterocycles. The maximum Gasteiger partial charge on any atom is 0.404 e. The summed E-state index contributed by atoms with van der Waals surface area (Å²) in [7, 11) is -0.362. The van der Waals surface area contributed by atoms with Crippen LogP contribution in [-0.2, 0) is 10.0 Å². The Kier molecular flexibility index (Phi) is 7.92. The molecule has 1 aromatic heterocycles. The van der Waals surface area contributed by atoms with Crippen LogP contribution >= 0.6 is 0 Å². The van der Waals surface area contributed by atoms with Gasteiger partial charge in [-0.15, -0.1) is 0 Å². The highest BCUT2D eigenvalue weighted by molar-refractivity contribution is 7.92. The Bertz CT molecular complexity index is 1310. The molecule has 0 amide bonds. The lowest BCUT2D eigenvalue weighted by molar-refractivity contribution is -0.106. The summed E-state index contributed by atoms with van der Waals surface area (Å²) in [5.41, 5.74) is 0.427. The molecule has 3 aromatic rings. The van der Waals surface area contributed by atoms with Crippen LogP contribution in [0.1, 0.15) is 0 Å². The molecule has 0 saturated carbocycles. The van der Waals surface area contributed by atoms with Crippen LogP contribution in [0.2, 0.25) is 0 Å². The lowest BCUT2D eigenvalue weighted by Gasteiger charge is -2.15. The Balaban J connectivity index is 1.82. The van der Waals surface area contributed by atoms with Crippen LogP contribution in [0.3, 0.4) is 0 Å². The Morgan fingerprint density at radius 2 is 1.56 bits per heavy atom. The maximum atomic E-state index is 14.4. The van der Waals surface area contributed by atoms with Crippen molar-refractivity contribution in [3.63, 3.8) is 0 Å². The predicted molar refractivity (Wildman–Crippen MR) is 125 cm³/mol. The third-order valence-corrected chi connectivity index (χ3v) is 5.67. The fourth-order valence-electron chi connectivity index (χ4n) is 3.03. The molecule has 0 radical (unpaired) electrons. The van der Waals surface area contributed by atoms with E-state index in [4.69, 9.17) is 14.2 Å². The lowest BCUT2D eigenvalue weighted by atomic mass is 10.2. The Hall–Kier alpha value is -4.01. The molecule has 1 heterocycles. The highest BCUT2D eigenvalue weighted by Gasteiger charge is 2.35. The first-order valence-corrected chi connectivity index (χ1v) is 11.6. The summed E-state index contributed by atoms with van der Waals surface area (Å²) in [6.45, 7) is 0. The van der Waals surface area contributed by atoms with E-state index in [9.17, 15) is 26.0 Å². The third-order valence-electron chi connectivity index (χ3n) is 4.42. The molecule has 36 heavy (non-hydrogen) atoms. The fourth-order valence-corrected chi connectivity index (χ4v) is 4.01. The molecule has 0 aliphatic carbocycles. The maximum absolute atomic E-state index is 14.4. The normalized spacial score (nSPS) is 11.5. The Labute approximate surface area is 203 Å². The Morgan fingerprint density at radius 3 is 2.14 bits per heavy atom. The molecule has 0 saturated heterocycles. The number of nitrogens with one attached hydrogen (secondary N) is 3. The number of methoxy groups -OCH3 is 3. The molecule has 0 unspecified atom stereocenters. The van der Waals surface area contributed by atoms with E-state index in [1.165, 1.54) is 45.6 Å². The summed E-state index contributed by atoms with van der Waals surface area (Å²) in [6.07, 6.45) is -4.02. The minimum atomic E-state index is -4.91. The largest absolute Gasteiger partial charge is 0.493 e. The highest BCUT2D eigenvalue weighted by atomic mass is 32.2. The van der Waals surface area contributed by atoms with Crippen molar-refractivity contribution >= 4 is 38.9 Å². The number of aromatic nitrogens is 2. The van der Waals surface area contributed by atoms with Crippen LogP contribution in [-0.4, -0.2) is 51.6 Å². The van der Waals surface area contributed by atoms with Gasteiger partial charge in [-0.25, -0.2) is 17.8 Å². The summed E-state index contributed by atoms with van der Waals surface area (Å²) < 4.78 is 92.9. The van der Waals surface area contributed by atoms with Gasteiger partial charge in [0.15, 0.2) is 28.9 Å². The number of nitrogens with zero attached hydrogens (tertiary/aromatic N) is 2. The second-order valence-corrected chi connectivity index (χ2v) is 8.83. The molecule has 3 rings (SSSR count). The number of halogens is 4. The van der Waals surface area contributed by atoms with Gasteiger partial charge in [-0.05, 0) is 18.2 Å². The minimum absolute atomic E-state index is 0.0183. The molecule has 194 valence electrons. The quantitative estimate of drug-likeness (QED) is 0.326. The number of hydrogen-bond acceptors (Lipinski definition) is 9. The van der Waals surface area contributed by atoms with E-state index in [2.05, 4.69) is 20.6 Å². The summed E-state index contributed by atoms with van der Waals surface area (Å²) in [4.78, 5) is 7.94. The molecule has 0 fully saturated rings. The Morgan fingerprint density at radius 1 is 0.917 bits per heavy atom. The molecule has 15 heteroatoms. The molecular weight excluding hydrogens is 510 g/mol. The lowest BCUT2D eigenvalue weighted by Crippen LogP contribution is -2.27. The van der Waals surface area contributed by atoms with Crippen molar-refractivity contribution in [3.05, 3.63) is 48.4 Å². The number of ether oxygens (including phenoxy) is 3. The first kappa shape index (κ1) is 26.6. The molecule has 10 nitrogen and oxygen atoms in total. The van der Waals surface area contributed by atoms with Crippen LogP contribution in [0.15, 0.2) is 42.6 Å². The van der Waals surface area contributed by atoms with Crippen LogP contribution in [0.5, 0.6) is 17.2 Å². The van der Waals surface area contributed by atoms with Gasteiger partial charge in [0.25, 0.3) is 0 Å². The third kappa shape index (κ3) is 7.00. The molecule has 0 bridgehead atoms. The average Bonchev–Trinajstić information content (AvgIpc) is 2.78. The standard InChI is InChI=1S/C21H21F4N5O5S/c1-33-16-8-14(9-17(34-2)18(16)35-3)28-20-26-10-15(22)19(29-20)27-12-5-4-6-13(7-12)30-36(31,32)11-21(23,24)25/h4-10,30H,11H2,1-3H3,(H2,26,27,28,29). The zero-order chi connectivity index (χ0) is 26.5.